The molecular formula is C18H20N2O3S2. The number of thiophene rings is 1. The first-order valence-electron chi connectivity index (χ1n) is 8.49. The highest BCUT2D eigenvalue weighted by molar-refractivity contribution is 7.89. The zero-order valence-electron chi connectivity index (χ0n) is 13.7. The first-order chi connectivity index (χ1) is 11.9. The van der Waals surface area contributed by atoms with Crippen molar-refractivity contribution >= 4 is 27.3 Å². The molecule has 0 saturated heterocycles. The quantitative estimate of drug-likeness (QED) is 0.863. The first kappa shape index (κ1) is 16.8. The average molecular weight is 377 g/mol. The predicted octanol–water partition coefficient (Wildman–Crippen LogP) is 2.69. The molecule has 1 aromatic carbocycles. The highest BCUT2D eigenvalue weighted by Crippen LogP contribution is 2.34. The molecule has 0 fully saturated rings. The van der Waals surface area contributed by atoms with Gasteiger partial charge in [-0.1, -0.05) is 0 Å². The number of rotatable bonds is 3. The van der Waals surface area contributed by atoms with Crippen LogP contribution in [0.3, 0.4) is 0 Å². The van der Waals surface area contributed by atoms with Crippen molar-refractivity contribution in [2.24, 2.45) is 5.14 Å². The van der Waals surface area contributed by atoms with Crippen LogP contribution >= 0.6 is 11.3 Å². The molecule has 0 spiro atoms. The molecule has 2 aromatic rings. The number of nitrogens with two attached hydrogens (primary N) is 1. The summed E-state index contributed by atoms with van der Waals surface area (Å²) in [5, 5.41) is 10.5. The zero-order valence-corrected chi connectivity index (χ0v) is 15.4. The van der Waals surface area contributed by atoms with E-state index in [4.69, 9.17) is 5.14 Å². The van der Waals surface area contributed by atoms with E-state index in [-0.39, 0.29) is 16.8 Å². The van der Waals surface area contributed by atoms with Gasteiger partial charge in [-0.05, 0) is 78.8 Å². The molecule has 0 radical (unpaired) electrons. The number of fused-ring (bicyclic) bond motifs is 2. The van der Waals surface area contributed by atoms with Crippen molar-refractivity contribution < 1.29 is 13.2 Å². The normalized spacial score (nSPS) is 19.3. The van der Waals surface area contributed by atoms with E-state index in [2.05, 4.69) is 16.8 Å². The molecule has 0 aliphatic heterocycles. The summed E-state index contributed by atoms with van der Waals surface area (Å²) in [4.78, 5) is 14.2. The van der Waals surface area contributed by atoms with Gasteiger partial charge in [0.2, 0.25) is 10.0 Å². The molecule has 1 unspecified atom stereocenters. The van der Waals surface area contributed by atoms with Crippen molar-refractivity contribution in [3.63, 3.8) is 0 Å². The van der Waals surface area contributed by atoms with Gasteiger partial charge in [-0.3, -0.25) is 4.79 Å². The lowest BCUT2D eigenvalue weighted by molar-refractivity contribution is 0.0932. The Bertz CT molecular complexity index is 947. The van der Waals surface area contributed by atoms with Crippen LogP contribution in [-0.4, -0.2) is 14.3 Å². The molecule has 5 nitrogen and oxygen atoms in total. The Labute approximate surface area is 151 Å². The van der Waals surface area contributed by atoms with Gasteiger partial charge in [0.15, 0.2) is 0 Å². The third kappa shape index (κ3) is 3.12. The Morgan fingerprint density at radius 3 is 2.84 bits per heavy atom. The number of aryl methyl sites for hydroxylation is 2. The van der Waals surface area contributed by atoms with Gasteiger partial charge in [0.25, 0.3) is 5.91 Å². The van der Waals surface area contributed by atoms with E-state index in [1.54, 1.807) is 11.3 Å². The summed E-state index contributed by atoms with van der Waals surface area (Å²) >= 11 is 1.73. The maximum Gasteiger partial charge on any atom is 0.251 e. The summed E-state index contributed by atoms with van der Waals surface area (Å²) in [6.45, 7) is 0. The smallest absolute Gasteiger partial charge is 0.251 e. The largest absolute Gasteiger partial charge is 0.345 e. The van der Waals surface area contributed by atoms with Gasteiger partial charge in [0.1, 0.15) is 0 Å². The second-order valence-corrected chi connectivity index (χ2v) is 9.26. The maximum atomic E-state index is 12.8. The van der Waals surface area contributed by atoms with Crippen LogP contribution in [0.4, 0.5) is 0 Å². The van der Waals surface area contributed by atoms with Gasteiger partial charge in [-0.2, -0.15) is 0 Å². The summed E-state index contributed by atoms with van der Waals surface area (Å²) in [6.07, 6.45) is 5.39. The van der Waals surface area contributed by atoms with Gasteiger partial charge in [0.05, 0.1) is 10.9 Å². The van der Waals surface area contributed by atoms with Crippen molar-refractivity contribution in [1.29, 1.82) is 0 Å². The minimum absolute atomic E-state index is 0.00584. The fraction of sp³-hybridized carbons (Fsp3) is 0.389. The van der Waals surface area contributed by atoms with Crippen LogP contribution in [0.1, 0.15) is 57.2 Å². The Hall–Kier alpha value is -1.70. The van der Waals surface area contributed by atoms with Crippen LogP contribution in [-0.2, 0) is 29.3 Å². The van der Waals surface area contributed by atoms with Crippen LogP contribution in [0.2, 0.25) is 0 Å². The van der Waals surface area contributed by atoms with E-state index in [1.165, 1.54) is 16.5 Å². The van der Waals surface area contributed by atoms with Crippen molar-refractivity contribution in [2.75, 3.05) is 0 Å². The highest BCUT2D eigenvalue weighted by atomic mass is 32.2. The van der Waals surface area contributed by atoms with Crippen LogP contribution in [0.5, 0.6) is 0 Å². The zero-order chi connectivity index (χ0) is 17.6. The minimum Gasteiger partial charge on any atom is -0.345 e. The number of primary sulfonamides is 1. The summed E-state index contributed by atoms with van der Waals surface area (Å²) in [6, 6.07) is 5.33. The molecule has 1 atom stereocenters. The number of sulfonamides is 1. The number of hydrogen-bond donors (Lipinski definition) is 2. The molecule has 0 bridgehead atoms. The average Bonchev–Trinajstić information content (AvgIpc) is 3.22. The van der Waals surface area contributed by atoms with E-state index in [9.17, 15) is 13.2 Å². The molecule has 0 saturated carbocycles. The standard InChI is InChI=1S/C18H20N2O3S2/c19-25(22,23)17-10-12(9-11-3-1-4-13(11)17)18(21)20-15-5-2-6-16-14(15)7-8-24-16/h7-10,15H,1-6H2,(H,20,21)(H2,19,22,23). The Kier molecular flexibility index (Phi) is 4.17. The van der Waals surface area contributed by atoms with Crippen molar-refractivity contribution in [2.45, 2.75) is 49.5 Å². The van der Waals surface area contributed by atoms with Gasteiger partial charge >= 0.3 is 0 Å². The van der Waals surface area contributed by atoms with E-state index in [0.29, 0.717) is 12.0 Å². The molecule has 3 N–H and O–H groups in total. The van der Waals surface area contributed by atoms with Crippen LogP contribution in [0.15, 0.2) is 28.5 Å². The van der Waals surface area contributed by atoms with Gasteiger partial charge in [-0.15, -0.1) is 11.3 Å². The fourth-order valence-electron chi connectivity index (χ4n) is 3.93. The van der Waals surface area contributed by atoms with Crippen LogP contribution in [0.25, 0.3) is 0 Å². The number of amides is 1. The molecule has 4 rings (SSSR count). The lowest BCUT2D eigenvalue weighted by Gasteiger charge is -2.24. The fourth-order valence-corrected chi connectivity index (χ4v) is 5.78. The van der Waals surface area contributed by atoms with Crippen LogP contribution in [0, 0.1) is 0 Å². The lowest BCUT2D eigenvalue weighted by atomic mass is 9.93. The topological polar surface area (TPSA) is 89.3 Å². The molecule has 7 heteroatoms. The van der Waals surface area contributed by atoms with Gasteiger partial charge in [-0.25, -0.2) is 13.6 Å². The van der Waals surface area contributed by atoms with Crippen molar-refractivity contribution in [3.05, 3.63) is 50.7 Å². The van der Waals surface area contributed by atoms with Crippen LogP contribution < -0.4 is 10.5 Å². The second kappa shape index (κ2) is 6.23. The highest BCUT2D eigenvalue weighted by Gasteiger charge is 2.26. The first-order valence-corrected chi connectivity index (χ1v) is 10.9. The molecule has 132 valence electrons. The molecule has 25 heavy (non-hydrogen) atoms. The number of benzene rings is 1. The monoisotopic (exact) mass is 376 g/mol. The summed E-state index contributed by atoms with van der Waals surface area (Å²) in [5.74, 6) is -0.233. The van der Waals surface area contributed by atoms with E-state index in [1.807, 2.05) is 6.07 Å². The predicted molar refractivity (Wildman–Crippen MR) is 97.3 cm³/mol. The SMILES string of the molecule is NS(=O)(=O)c1cc(C(=O)NC2CCCc3sccc32)cc2c1CCC2. The number of carbonyl (C=O) groups is 1. The minimum atomic E-state index is -3.84. The third-order valence-corrected chi connectivity index (χ3v) is 7.07. The summed E-state index contributed by atoms with van der Waals surface area (Å²) in [7, 11) is -3.84. The van der Waals surface area contributed by atoms with E-state index in [0.717, 1.165) is 43.2 Å². The third-order valence-electron chi connectivity index (χ3n) is 5.10. The Balaban J connectivity index is 1.66. The summed E-state index contributed by atoms with van der Waals surface area (Å²) < 4.78 is 23.9. The van der Waals surface area contributed by atoms with Gasteiger partial charge in [0, 0.05) is 10.4 Å². The number of carbonyl (C=O) groups excluding carboxylic acids is 1. The molecule has 1 aromatic heterocycles. The lowest BCUT2D eigenvalue weighted by Crippen LogP contribution is -2.30. The number of nitrogens with one attached hydrogen (secondary N) is 1. The Morgan fingerprint density at radius 1 is 1.20 bits per heavy atom. The molecular weight excluding hydrogens is 356 g/mol. The van der Waals surface area contributed by atoms with Gasteiger partial charge < -0.3 is 5.32 Å². The molecule has 2 aliphatic carbocycles. The van der Waals surface area contributed by atoms with E-state index < -0.39 is 10.0 Å². The molecule has 2 aliphatic rings. The summed E-state index contributed by atoms with van der Waals surface area (Å²) in [5.41, 5.74) is 3.28. The van der Waals surface area contributed by atoms with Crippen molar-refractivity contribution in [3.8, 4) is 0 Å². The molecule has 1 heterocycles. The Morgan fingerprint density at radius 2 is 2.04 bits per heavy atom. The van der Waals surface area contributed by atoms with Crippen molar-refractivity contribution in [1.82, 2.24) is 5.32 Å². The maximum absolute atomic E-state index is 12.8. The van der Waals surface area contributed by atoms with E-state index >= 15 is 0 Å². The number of hydrogen-bond acceptors (Lipinski definition) is 4. The second-order valence-electron chi connectivity index (χ2n) is 6.73. The molecule has 1 amide bonds.